The van der Waals surface area contributed by atoms with Gasteiger partial charge in [-0.25, -0.2) is 14.4 Å². The maximum Gasteiger partial charge on any atom is 0.160 e. The van der Waals surface area contributed by atoms with Crippen molar-refractivity contribution in [3.8, 4) is 11.4 Å². The van der Waals surface area contributed by atoms with Crippen molar-refractivity contribution in [2.24, 2.45) is 11.8 Å². The molecule has 7 heteroatoms. The van der Waals surface area contributed by atoms with E-state index in [1.54, 1.807) is 30.7 Å². The van der Waals surface area contributed by atoms with Gasteiger partial charge in [0.25, 0.3) is 0 Å². The average Bonchev–Trinajstić information content (AvgIpc) is 3.08. The number of nitrogens with one attached hydrogen (secondary N) is 1. The Morgan fingerprint density at radius 1 is 1.07 bits per heavy atom. The summed E-state index contributed by atoms with van der Waals surface area (Å²) in [5.41, 5.74) is 2.67. The van der Waals surface area contributed by atoms with Crippen LogP contribution < -0.4 is 5.32 Å². The van der Waals surface area contributed by atoms with Crippen molar-refractivity contribution in [1.29, 1.82) is 0 Å². The molecule has 1 aliphatic carbocycles. The first-order chi connectivity index (χ1) is 14.6. The third kappa shape index (κ3) is 4.70. The second-order valence-electron chi connectivity index (χ2n) is 7.74. The highest BCUT2D eigenvalue weighted by Gasteiger charge is 2.42. The van der Waals surface area contributed by atoms with Crippen LogP contribution in [0.15, 0.2) is 61.1 Å². The summed E-state index contributed by atoms with van der Waals surface area (Å²) < 4.78 is 13.1. The quantitative estimate of drug-likeness (QED) is 0.556. The Morgan fingerprint density at radius 3 is 2.63 bits per heavy atom. The number of aliphatic hydroxyl groups is 2. The second-order valence-corrected chi connectivity index (χ2v) is 7.74. The number of pyridine rings is 1. The highest BCUT2D eigenvalue weighted by atomic mass is 19.1. The van der Waals surface area contributed by atoms with Gasteiger partial charge in [-0.05, 0) is 54.7 Å². The summed E-state index contributed by atoms with van der Waals surface area (Å²) >= 11 is 0. The third-order valence-corrected chi connectivity index (χ3v) is 5.83. The smallest absolute Gasteiger partial charge is 0.160 e. The minimum Gasteiger partial charge on any atom is -0.396 e. The molecule has 0 bridgehead atoms. The first-order valence-corrected chi connectivity index (χ1v) is 10.1. The Kier molecular flexibility index (Phi) is 6.42. The lowest BCUT2D eigenvalue weighted by Gasteiger charge is -2.25. The van der Waals surface area contributed by atoms with Gasteiger partial charge in [-0.3, -0.25) is 4.98 Å². The predicted octanol–water partition coefficient (Wildman–Crippen LogP) is 2.37. The molecule has 2 heterocycles. The summed E-state index contributed by atoms with van der Waals surface area (Å²) in [5, 5.41) is 23.8. The van der Waals surface area contributed by atoms with Gasteiger partial charge < -0.3 is 15.5 Å². The van der Waals surface area contributed by atoms with Gasteiger partial charge in [-0.15, -0.1) is 0 Å². The molecule has 0 radical (unpaired) electrons. The molecule has 4 unspecified atom stereocenters. The van der Waals surface area contributed by atoms with Gasteiger partial charge in [-0.2, -0.15) is 0 Å². The highest BCUT2D eigenvalue weighted by Crippen LogP contribution is 2.35. The number of hydrogen-bond acceptors (Lipinski definition) is 6. The number of rotatable bonds is 7. The van der Waals surface area contributed by atoms with Crippen LogP contribution in [-0.4, -0.2) is 43.9 Å². The molecule has 0 amide bonds. The summed E-state index contributed by atoms with van der Waals surface area (Å²) in [4.78, 5) is 13.1. The molecule has 4 rings (SSSR count). The largest absolute Gasteiger partial charge is 0.396 e. The molecular weight excluding hydrogens is 383 g/mol. The number of benzene rings is 1. The Labute approximate surface area is 174 Å². The molecule has 3 aromatic rings. The number of aliphatic hydroxyl groups excluding tert-OH is 2. The van der Waals surface area contributed by atoms with E-state index in [1.165, 1.54) is 12.1 Å². The fourth-order valence-electron chi connectivity index (χ4n) is 4.22. The van der Waals surface area contributed by atoms with Crippen molar-refractivity contribution in [2.45, 2.75) is 31.5 Å². The van der Waals surface area contributed by atoms with E-state index in [1.807, 2.05) is 18.2 Å². The van der Waals surface area contributed by atoms with E-state index in [2.05, 4.69) is 20.3 Å². The van der Waals surface area contributed by atoms with E-state index >= 15 is 0 Å². The van der Waals surface area contributed by atoms with Gasteiger partial charge in [0.05, 0.1) is 6.10 Å². The maximum atomic E-state index is 13.1. The van der Waals surface area contributed by atoms with E-state index in [0.29, 0.717) is 25.2 Å². The van der Waals surface area contributed by atoms with Crippen LogP contribution in [0.2, 0.25) is 0 Å². The molecule has 6 nitrogen and oxygen atoms in total. The van der Waals surface area contributed by atoms with Gasteiger partial charge in [0, 0.05) is 55.0 Å². The van der Waals surface area contributed by atoms with Gasteiger partial charge in [-0.1, -0.05) is 12.1 Å². The van der Waals surface area contributed by atoms with E-state index < -0.39 is 6.10 Å². The van der Waals surface area contributed by atoms with Crippen molar-refractivity contribution >= 4 is 0 Å². The van der Waals surface area contributed by atoms with E-state index in [9.17, 15) is 14.6 Å². The molecule has 156 valence electrons. The third-order valence-electron chi connectivity index (χ3n) is 5.83. The fourth-order valence-corrected chi connectivity index (χ4v) is 4.22. The molecule has 3 N–H and O–H groups in total. The molecule has 1 fully saturated rings. The molecular formula is C23H25FN4O2. The van der Waals surface area contributed by atoms with Gasteiger partial charge in [0.1, 0.15) is 5.82 Å². The standard InChI is InChI=1S/C23H25FN4O2/c24-17-5-3-15(4-6-17)12-27-21-11-22(30)20(14-29)19(21)10-18-7-9-26-23(28-18)16-2-1-8-25-13-16/h1-9,13,19-22,27,29-30H,10-12,14H2. The normalized spacial score (nSPS) is 23.6. The van der Waals surface area contributed by atoms with Crippen molar-refractivity contribution in [3.63, 3.8) is 0 Å². The van der Waals surface area contributed by atoms with E-state index in [4.69, 9.17) is 0 Å². The van der Waals surface area contributed by atoms with Gasteiger partial charge in [0.15, 0.2) is 5.82 Å². The summed E-state index contributed by atoms with van der Waals surface area (Å²) in [6.07, 6.45) is 5.74. The lowest BCUT2D eigenvalue weighted by atomic mass is 9.88. The molecule has 2 aromatic heterocycles. The number of nitrogens with zero attached hydrogens (tertiary/aromatic N) is 3. The number of halogens is 1. The Bertz CT molecular complexity index is 955. The first-order valence-electron chi connectivity index (χ1n) is 10.1. The Balaban J connectivity index is 1.50. The van der Waals surface area contributed by atoms with E-state index in [0.717, 1.165) is 16.8 Å². The zero-order chi connectivity index (χ0) is 20.9. The fraction of sp³-hybridized carbons (Fsp3) is 0.348. The molecule has 0 saturated heterocycles. The zero-order valence-electron chi connectivity index (χ0n) is 16.5. The zero-order valence-corrected chi connectivity index (χ0v) is 16.5. The molecule has 0 spiro atoms. The van der Waals surface area contributed by atoms with E-state index in [-0.39, 0.29) is 30.3 Å². The SMILES string of the molecule is OCC1C(O)CC(NCc2ccc(F)cc2)C1Cc1ccnc(-c2cccnc2)n1. The van der Waals surface area contributed by atoms with Crippen LogP contribution in [0.25, 0.3) is 11.4 Å². The van der Waals surface area contributed by atoms with Crippen molar-refractivity contribution in [1.82, 2.24) is 20.3 Å². The molecule has 30 heavy (non-hydrogen) atoms. The summed E-state index contributed by atoms with van der Waals surface area (Å²) in [7, 11) is 0. The van der Waals surface area contributed by atoms with Crippen LogP contribution >= 0.6 is 0 Å². The van der Waals surface area contributed by atoms with Crippen molar-refractivity contribution in [2.75, 3.05) is 6.61 Å². The topological polar surface area (TPSA) is 91.2 Å². The predicted molar refractivity (Wildman–Crippen MR) is 111 cm³/mol. The monoisotopic (exact) mass is 408 g/mol. The minimum atomic E-state index is -0.578. The maximum absolute atomic E-state index is 13.1. The van der Waals surface area contributed by atoms with Gasteiger partial charge in [0.2, 0.25) is 0 Å². The van der Waals surface area contributed by atoms with Gasteiger partial charge >= 0.3 is 0 Å². The van der Waals surface area contributed by atoms with Crippen molar-refractivity contribution in [3.05, 3.63) is 78.1 Å². The molecule has 0 aliphatic heterocycles. The van der Waals surface area contributed by atoms with Crippen LogP contribution in [0.3, 0.4) is 0 Å². The number of hydrogen-bond donors (Lipinski definition) is 3. The summed E-state index contributed by atoms with van der Waals surface area (Å²) in [5.74, 6) is 0.131. The lowest BCUT2D eigenvalue weighted by Crippen LogP contribution is -2.36. The molecule has 1 aliphatic rings. The van der Waals surface area contributed by atoms with Crippen LogP contribution in [0.1, 0.15) is 17.7 Å². The summed E-state index contributed by atoms with van der Waals surface area (Å²) in [6.45, 7) is 0.484. The first kappa shape index (κ1) is 20.5. The minimum absolute atomic E-state index is 0.0130. The highest BCUT2D eigenvalue weighted by molar-refractivity contribution is 5.52. The second kappa shape index (κ2) is 9.38. The average molecular weight is 408 g/mol. The van der Waals surface area contributed by atoms with Crippen molar-refractivity contribution < 1.29 is 14.6 Å². The lowest BCUT2D eigenvalue weighted by molar-refractivity contribution is 0.0716. The number of aromatic nitrogens is 3. The van der Waals surface area contributed by atoms with Crippen LogP contribution in [0.4, 0.5) is 4.39 Å². The molecule has 1 saturated carbocycles. The van der Waals surface area contributed by atoms with Crippen LogP contribution in [0, 0.1) is 17.7 Å². The molecule has 1 aromatic carbocycles. The van der Waals surface area contributed by atoms with Crippen LogP contribution in [-0.2, 0) is 13.0 Å². The summed E-state index contributed by atoms with van der Waals surface area (Å²) in [6, 6.07) is 12.0. The Morgan fingerprint density at radius 2 is 1.90 bits per heavy atom. The molecule has 4 atom stereocenters. The Hall–Kier alpha value is -2.74. The van der Waals surface area contributed by atoms with Crippen LogP contribution in [0.5, 0.6) is 0 Å².